The fraction of sp³-hybridized carbons (Fsp3) is 0.409. The molecule has 1 aliphatic rings. The first kappa shape index (κ1) is 23.4. The summed E-state index contributed by atoms with van der Waals surface area (Å²) < 4.78 is 27.7. The van der Waals surface area contributed by atoms with Crippen LogP contribution in [0.4, 0.5) is 16.2 Å². The third-order valence-electron chi connectivity index (χ3n) is 5.54. The van der Waals surface area contributed by atoms with Crippen molar-refractivity contribution in [3.63, 3.8) is 0 Å². The summed E-state index contributed by atoms with van der Waals surface area (Å²) in [6, 6.07) is 11.9. The molecule has 2 aromatic carbocycles. The number of halogens is 1. The molecule has 168 valence electrons. The molecular formula is C22H29ClN4O3S. The number of amides is 2. The summed E-state index contributed by atoms with van der Waals surface area (Å²) in [5, 5.41) is 3.47. The van der Waals surface area contributed by atoms with Crippen molar-refractivity contribution in [2.45, 2.75) is 25.7 Å². The smallest absolute Gasteiger partial charge is 0.321 e. The molecule has 31 heavy (non-hydrogen) atoms. The molecule has 3 rings (SSSR count). The molecule has 0 radical (unpaired) electrons. The highest BCUT2D eigenvalue weighted by Crippen LogP contribution is 2.27. The lowest BCUT2D eigenvalue weighted by atomic mass is 10.1. The van der Waals surface area contributed by atoms with E-state index in [0.717, 1.165) is 11.3 Å². The Hall–Kier alpha value is -2.29. The van der Waals surface area contributed by atoms with Gasteiger partial charge in [0, 0.05) is 55.7 Å². The Morgan fingerprint density at radius 1 is 1.03 bits per heavy atom. The van der Waals surface area contributed by atoms with E-state index in [1.807, 2.05) is 39.0 Å². The Bertz CT molecular complexity index is 1020. The highest BCUT2D eigenvalue weighted by molar-refractivity contribution is 7.89. The third kappa shape index (κ3) is 5.31. The van der Waals surface area contributed by atoms with Gasteiger partial charge in [0.25, 0.3) is 0 Å². The lowest BCUT2D eigenvalue weighted by Gasteiger charge is -2.36. The number of nitrogens with zero attached hydrogens (tertiary/aromatic N) is 3. The number of nitrogens with one attached hydrogen (secondary N) is 1. The minimum absolute atomic E-state index is 0.201. The number of hydrogen-bond donors (Lipinski definition) is 1. The van der Waals surface area contributed by atoms with Crippen LogP contribution in [0.1, 0.15) is 19.4 Å². The van der Waals surface area contributed by atoms with Gasteiger partial charge in [-0.3, -0.25) is 0 Å². The number of carbonyl (C=O) groups is 1. The second-order valence-electron chi connectivity index (χ2n) is 7.45. The molecule has 0 aromatic heterocycles. The van der Waals surface area contributed by atoms with Crippen molar-refractivity contribution in [3.05, 3.63) is 53.1 Å². The van der Waals surface area contributed by atoms with E-state index in [-0.39, 0.29) is 10.9 Å². The third-order valence-corrected chi connectivity index (χ3v) is 7.69. The van der Waals surface area contributed by atoms with Crippen LogP contribution < -0.4 is 10.2 Å². The van der Waals surface area contributed by atoms with E-state index in [2.05, 4.69) is 10.2 Å². The van der Waals surface area contributed by atoms with Crippen LogP contribution in [-0.2, 0) is 10.0 Å². The number of carbonyl (C=O) groups excluding carboxylic acids is 1. The molecule has 9 heteroatoms. The summed E-state index contributed by atoms with van der Waals surface area (Å²) >= 11 is 6.13. The monoisotopic (exact) mass is 464 g/mol. The van der Waals surface area contributed by atoms with Crippen LogP contribution in [-0.4, -0.2) is 62.9 Å². The molecule has 0 unspecified atom stereocenters. The van der Waals surface area contributed by atoms with Gasteiger partial charge in [0.1, 0.15) is 0 Å². The van der Waals surface area contributed by atoms with E-state index in [1.165, 1.54) is 4.31 Å². The summed E-state index contributed by atoms with van der Waals surface area (Å²) in [6.45, 7) is 9.04. The van der Waals surface area contributed by atoms with Gasteiger partial charge in [-0.05, 0) is 62.7 Å². The van der Waals surface area contributed by atoms with Gasteiger partial charge < -0.3 is 15.1 Å². The number of sulfonamides is 1. The second-order valence-corrected chi connectivity index (χ2v) is 9.82. The van der Waals surface area contributed by atoms with Crippen LogP contribution in [0, 0.1) is 6.92 Å². The van der Waals surface area contributed by atoms with Crippen molar-refractivity contribution in [1.82, 2.24) is 9.21 Å². The fourth-order valence-electron chi connectivity index (χ4n) is 3.67. The Balaban J connectivity index is 1.66. The summed E-state index contributed by atoms with van der Waals surface area (Å²) in [5.41, 5.74) is 2.72. The van der Waals surface area contributed by atoms with Crippen LogP contribution in [0.2, 0.25) is 5.02 Å². The van der Waals surface area contributed by atoms with Crippen molar-refractivity contribution in [3.8, 4) is 0 Å². The topological polar surface area (TPSA) is 73.0 Å². The van der Waals surface area contributed by atoms with E-state index < -0.39 is 10.0 Å². The molecule has 2 aromatic rings. The molecule has 2 amide bonds. The van der Waals surface area contributed by atoms with E-state index in [1.54, 1.807) is 29.2 Å². The first-order chi connectivity index (χ1) is 14.8. The first-order valence-corrected chi connectivity index (χ1v) is 12.2. The predicted octanol–water partition coefficient (Wildman–Crippen LogP) is 4.03. The van der Waals surface area contributed by atoms with Gasteiger partial charge in [-0.2, -0.15) is 4.31 Å². The molecule has 0 aliphatic carbocycles. The molecule has 0 bridgehead atoms. The second kappa shape index (κ2) is 9.89. The molecule has 7 nitrogen and oxygen atoms in total. The number of piperazine rings is 1. The highest BCUT2D eigenvalue weighted by atomic mass is 35.5. The van der Waals surface area contributed by atoms with E-state index >= 15 is 0 Å². The highest BCUT2D eigenvalue weighted by Gasteiger charge is 2.29. The van der Waals surface area contributed by atoms with Gasteiger partial charge in [0.05, 0.1) is 4.90 Å². The first-order valence-electron chi connectivity index (χ1n) is 10.4. The summed E-state index contributed by atoms with van der Waals surface area (Å²) in [6.07, 6.45) is 0. The van der Waals surface area contributed by atoms with E-state index in [9.17, 15) is 13.2 Å². The molecule has 0 saturated carbocycles. The number of urea groups is 1. The number of benzene rings is 2. The minimum Gasteiger partial charge on any atom is -0.369 e. The molecule has 1 saturated heterocycles. The van der Waals surface area contributed by atoms with Crippen LogP contribution in [0.15, 0.2) is 47.4 Å². The van der Waals surface area contributed by atoms with Crippen LogP contribution >= 0.6 is 11.6 Å². The minimum atomic E-state index is -3.60. The maximum absolute atomic E-state index is 13.1. The molecule has 1 aliphatic heterocycles. The van der Waals surface area contributed by atoms with Crippen molar-refractivity contribution >= 4 is 39.0 Å². The number of anilines is 2. The zero-order valence-electron chi connectivity index (χ0n) is 18.1. The van der Waals surface area contributed by atoms with Crippen LogP contribution in [0.25, 0.3) is 0 Å². The van der Waals surface area contributed by atoms with Crippen molar-refractivity contribution < 1.29 is 13.2 Å². The lowest BCUT2D eigenvalue weighted by molar-refractivity contribution is 0.217. The standard InChI is InChI=1S/C22H29ClN4O3S/c1-4-25(5-2)22(28)24-19-8-10-20(11-9-19)31(29,30)27-14-12-26(13-15-27)21-16-18(23)7-6-17(21)3/h6-11,16H,4-5,12-15H2,1-3H3,(H,24,28). The maximum Gasteiger partial charge on any atom is 0.321 e. The van der Waals surface area contributed by atoms with Gasteiger partial charge in [0.15, 0.2) is 0 Å². The fourth-order valence-corrected chi connectivity index (χ4v) is 5.25. The lowest BCUT2D eigenvalue weighted by Crippen LogP contribution is -2.48. The maximum atomic E-state index is 13.1. The summed E-state index contributed by atoms with van der Waals surface area (Å²) in [7, 11) is -3.60. The van der Waals surface area contributed by atoms with Gasteiger partial charge in [0.2, 0.25) is 10.0 Å². The molecule has 0 spiro atoms. The van der Waals surface area contributed by atoms with Crippen molar-refractivity contribution in [2.24, 2.45) is 0 Å². The number of aryl methyl sites for hydroxylation is 1. The number of rotatable bonds is 6. The Morgan fingerprint density at radius 3 is 2.23 bits per heavy atom. The van der Waals surface area contributed by atoms with E-state index in [0.29, 0.717) is 50.0 Å². The Morgan fingerprint density at radius 2 is 1.65 bits per heavy atom. The SMILES string of the molecule is CCN(CC)C(=O)Nc1ccc(S(=O)(=O)N2CCN(c3cc(Cl)ccc3C)CC2)cc1. The molecule has 0 atom stereocenters. The quantitative estimate of drug-likeness (QED) is 0.700. The Labute approximate surface area is 189 Å². The van der Waals surface area contributed by atoms with Gasteiger partial charge in [-0.1, -0.05) is 17.7 Å². The van der Waals surface area contributed by atoms with Crippen LogP contribution in [0.5, 0.6) is 0 Å². The van der Waals surface area contributed by atoms with E-state index in [4.69, 9.17) is 11.6 Å². The summed E-state index contributed by atoms with van der Waals surface area (Å²) in [5.74, 6) is 0. The molecular weight excluding hydrogens is 436 g/mol. The van der Waals surface area contributed by atoms with Crippen LogP contribution in [0.3, 0.4) is 0 Å². The molecule has 1 heterocycles. The van der Waals surface area contributed by atoms with Crippen molar-refractivity contribution in [1.29, 1.82) is 0 Å². The zero-order valence-corrected chi connectivity index (χ0v) is 19.7. The van der Waals surface area contributed by atoms with Gasteiger partial charge in [-0.25, -0.2) is 13.2 Å². The molecule has 1 fully saturated rings. The van der Waals surface area contributed by atoms with Crippen molar-refractivity contribution in [2.75, 3.05) is 49.5 Å². The largest absolute Gasteiger partial charge is 0.369 e. The zero-order chi connectivity index (χ0) is 22.6. The average molecular weight is 465 g/mol. The normalized spacial score (nSPS) is 15.0. The van der Waals surface area contributed by atoms with Gasteiger partial charge >= 0.3 is 6.03 Å². The number of hydrogen-bond acceptors (Lipinski definition) is 4. The predicted molar refractivity (Wildman–Crippen MR) is 126 cm³/mol. The Kier molecular flexibility index (Phi) is 7.46. The van der Waals surface area contributed by atoms with Gasteiger partial charge in [-0.15, -0.1) is 0 Å². The average Bonchev–Trinajstić information content (AvgIpc) is 2.77. The summed E-state index contributed by atoms with van der Waals surface area (Å²) in [4.78, 5) is 16.2. The molecule has 1 N–H and O–H groups in total.